The van der Waals surface area contributed by atoms with Crippen LogP contribution in [0.15, 0.2) is 42.5 Å². The van der Waals surface area contributed by atoms with Crippen LogP contribution in [0.25, 0.3) is 0 Å². The SMILES string of the molecule is COc1ccc(C(=O)CNc2cccc(C(C)=O)c2)cc1Cl. The zero-order valence-corrected chi connectivity index (χ0v) is 13.1. The lowest BCUT2D eigenvalue weighted by molar-refractivity contribution is 0.100. The molecule has 0 bridgehead atoms. The lowest BCUT2D eigenvalue weighted by Crippen LogP contribution is -2.14. The van der Waals surface area contributed by atoms with E-state index in [0.29, 0.717) is 21.9 Å². The highest BCUT2D eigenvalue weighted by atomic mass is 35.5. The van der Waals surface area contributed by atoms with Gasteiger partial charge in [0.25, 0.3) is 0 Å². The smallest absolute Gasteiger partial charge is 0.181 e. The predicted molar refractivity (Wildman–Crippen MR) is 87.3 cm³/mol. The molecule has 0 spiro atoms. The van der Waals surface area contributed by atoms with Gasteiger partial charge in [-0.25, -0.2) is 0 Å². The van der Waals surface area contributed by atoms with Crippen molar-refractivity contribution < 1.29 is 14.3 Å². The molecular weight excluding hydrogens is 302 g/mol. The largest absolute Gasteiger partial charge is 0.495 e. The lowest BCUT2D eigenvalue weighted by Gasteiger charge is -2.08. The molecule has 0 aliphatic rings. The third-order valence-corrected chi connectivity index (χ3v) is 3.49. The molecule has 22 heavy (non-hydrogen) atoms. The van der Waals surface area contributed by atoms with Crippen molar-refractivity contribution in [1.82, 2.24) is 0 Å². The molecule has 5 heteroatoms. The number of Topliss-reactive ketones (excluding diaryl/α,β-unsaturated/α-hetero) is 2. The van der Waals surface area contributed by atoms with Crippen molar-refractivity contribution in [3.05, 3.63) is 58.6 Å². The summed E-state index contributed by atoms with van der Waals surface area (Å²) in [4.78, 5) is 23.5. The van der Waals surface area contributed by atoms with Crippen molar-refractivity contribution in [2.45, 2.75) is 6.92 Å². The Morgan fingerprint density at radius 3 is 2.55 bits per heavy atom. The first-order valence-corrected chi connectivity index (χ1v) is 7.10. The van der Waals surface area contributed by atoms with E-state index < -0.39 is 0 Å². The Balaban J connectivity index is 2.05. The molecule has 0 amide bonds. The van der Waals surface area contributed by atoms with Crippen molar-refractivity contribution in [2.24, 2.45) is 0 Å². The van der Waals surface area contributed by atoms with Crippen LogP contribution in [0.4, 0.5) is 5.69 Å². The standard InChI is InChI=1S/C17H16ClNO3/c1-11(20)12-4-3-5-14(8-12)19-10-16(21)13-6-7-17(22-2)15(18)9-13/h3-9,19H,10H2,1-2H3. The second-order valence-electron chi connectivity index (χ2n) is 4.76. The molecule has 2 rings (SSSR count). The monoisotopic (exact) mass is 317 g/mol. The number of rotatable bonds is 6. The maximum Gasteiger partial charge on any atom is 0.181 e. The van der Waals surface area contributed by atoms with Gasteiger partial charge in [0.05, 0.1) is 18.7 Å². The molecule has 0 atom stereocenters. The molecule has 1 N–H and O–H groups in total. The van der Waals surface area contributed by atoms with Gasteiger partial charge in [0.1, 0.15) is 5.75 Å². The van der Waals surface area contributed by atoms with E-state index in [1.807, 2.05) is 0 Å². The first-order valence-electron chi connectivity index (χ1n) is 6.73. The maximum atomic E-state index is 12.2. The Labute approximate surface area is 134 Å². The summed E-state index contributed by atoms with van der Waals surface area (Å²) in [7, 11) is 1.52. The fourth-order valence-corrected chi connectivity index (χ4v) is 2.23. The minimum Gasteiger partial charge on any atom is -0.495 e. The minimum absolute atomic E-state index is 0.0167. The molecule has 2 aromatic rings. The van der Waals surface area contributed by atoms with Gasteiger partial charge in [-0.05, 0) is 37.3 Å². The Bertz CT molecular complexity index is 713. The van der Waals surface area contributed by atoms with Gasteiger partial charge in [-0.2, -0.15) is 0 Å². The number of ketones is 2. The summed E-state index contributed by atoms with van der Waals surface area (Å²) in [5.74, 6) is 0.412. The molecule has 0 saturated heterocycles. The summed E-state index contributed by atoms with van der Waals surface area (Å²) >= 11 is 6.01. The molecular formula is C17H16ClNO3. The summed E-state index contributed by atoms with van der Waals surface area (Å²) in [5.41, 5.74) is 1.83. The van der Waals surface area contributed by atoms with Gasteiger partial charge < -0.3 is 10.1 Å². The van der Waals surface area contributed by atoms with E-state index in [4.69, 9.17) is 16.3 Å². The van der Waals surface area contributed by atoms with Crippen LogP contribution >= 0.6 is 11.6 Å². The maximum absolute atomic E-state index is 12.2. The predicted octanol–water partition coefficient (Wildman–Crippen LogP) is 3.85. The zero-order chi connectivity index (χ0) is 16.1. The van der Waals surface area contributed by atoms with E-state index in [0.717, 1.165) is 5.69 Å². The molecule has 0 saturated carbocycles. The average molecular weight is 318 g/mol. The number of carbonyl (C=O) groups is 2. The normalized spacial score (nSPS) is 10.1. The van der Waals surface area contributed by atoms with Crippen LogP contribution in [0, 0.1) is 0 Å². The van der Waals surface area contributed by atoms with Gasteiger partial charge in [0.2, 0.25) is 0 Å². The van der Waals surface area contributed by atoms with Crippen LogP contribution in [-0.4, -0.2) is 25.2 Å². The first-order chi connectivity index (χ1) is 10.5. The fourth-order valence-electron chi connectivity index (χ4n) is 1.97. The number of hydrogen-bond donors (Lipinski definition) is 1. The highest BCUT2D eigenvalue weighted by Crippen LogP contribution is 2.25. The van der Waals surface area contributed by atoms with E-state index in [2.05, 4.69) is 5.32 Å². The molecule has 0 aliphatic carbocycles. The minimum atomic E-state index is -0.0993. The van der Waals surface area contributed by atoms with E-state index in [1.165, 1.54) is 14.0 Å². The van der Waals surface area contributed by atoms with Crippen LogP contribution in [0.1, 0.15) is 27.6 Å². The number of nitrogens with one attached hydrogen (secondary N) is 1. The van der Waals surface area contributed by atoms with Gasteiger partial charge >= 0.3 is 0 Å². The van der Waals surface area contributed by atoms with E-state index in [1.54, 1.807) is 42.5 Å². The van der Waals surface area contributed by atoms with Crippen molar-refractivity contribution in [1.29, 1.82) is 0 Å². The van der Waals surface area contributed by atoms with Crippen molar-refractivity contribution in [3.8, 4) is 5.75 Å². The molecule has 114 valence electrons. The molecule has 2 aromatic carbocycles. The number of halogens is 1. The van der Waals surface area contributed by atoms with Gasteiger partial charge in [0.15, 0.2) is 11.6 Å². The number of ether oxygens (including phenoxy) is 1. The molecule has 0 aromatic heterocycles. The third kappa shape index (κ3) is 3.86. The Morgan fingerprint density at radius 1 is 1.14 bits per heavy atom. The molecule has 0 unspecified atom stereocenters. The lowest BCUT2D eigenvalue weighted by atomic mass is 10.1. The van der Waals surface area contributed by atoms with Crippen molar-refractivity contribution in [2.75, 3.05) is 19.0 Å². The van der Waals surface area contributed by atoms with Crippen LogP contribution in [0.5, 0.6) is 5.75 Å². The Kier molecular flexibility index (Phi) is 5.17. The van der Waals surface area contributed by atoms with Crippen molar-refractivity contribution >= 4 is 28.9 Å². The highest BCUT2D eigenvalue weighted by Gasteiger charge is 2.09. The number of anilines is 1. The number of benzene rings is 2. The Morgan fingerprint density at radius 2 is 1.91 bits per heavy atom. The van der Waals surface area contributed by atoms with E-state index in [-0.39, 0.29) is 18.1 Å². The summed E-state index contributed by atoms with van der Waals surface area (Å²) < 4.78 is 5.05. The Hall–Kier alpha value is -2.33. The molecule has 0 aliphatic heterocycles. The topological polar surface area (TPSA) is 55.4 Å². The van der Waals surface area contributed by atoms with Crippen LogP contribution in [0.2, 0.25) is 5.02 Å². The summed E-state index contributed by atoms with van der Waals surface area (Å²) in [6.45, 7) is 1.62. The van der Waals surface area contributed by atoms with Crippen LogP contribution < -0.4 is 10.1 Å². The molecule has 0 radical (unpaired) electrons. The first kappa shape index (κ1) is 16.0. The zero-order valence-electron chi connectivity index (χ0n) is 12.4. The number of methoxy groups -OCH3 is 1. The highest BCUT2D eigenvalue weighted by molar-refractivity contribution is 6.32. The third-order valence-electron chi connectivity index (χ3n) is 3.20. The second kappa shape index (κ2) is 7.09. The van der Waals surface area contributed by atoms with E-state index >= 15 is 0 Å². The van der Waals surface area contributed by atoms with Gasteiger partial charge in [-0.3, -0.25) is 9.59 Å². The second-order valence-corrected chi connectivity index (χ2v) is 5.17. The van der Waals surface area contributed by atoms with Gasteiger partial charge in [-0.1, -0.05) is 23.7 Å². The summed E-state index contributed by atoms with van der Waals surface area (Å²) in [6, 6.07) is 11.9. The fraction of sp³-hybridized carbons (Fsp3) is 0.176. The molecule has 0 fully saturated rings. The van der Waals surface area contributed by atoms with Gasteiger partial charge in [0, 0.05) is 16.8 Å². The molecule has 0 heterocycles. The quantitative estimate of drug-likeness (QED) is 0.822. The van der Waals surface area contributed by atoms with Gasteiger partial charge in [-0.15, -0.1) is 0 Å². The summed E-state index contributed by atoms with van der Waals surface area (Å²) in [5, 5.41) is 3.41. The van der Waals surface area contributed by atoms with Crippen LogP contribution in [-0.2, 0) is 0 Å². The van der Waals surface area contributed by atoms with Crippen molar-refractivity contribution in [3.63, 3.8) is 0 Å². The van der Waals surface area contributed by atoms with Crippen LogP contribution in [0.3, 0.4) is 0 Å². The molecule has 4 nitrogen and oxygen atoms in total. The average Bonchev–Trinajstić information content (AvgIpc) is 2.52. The number of hydrogen-bond acceptors (Lipinski definition) is 4. The van der Waals surface area contributed by atoms with E-state index in [9.17, 15) is 9.59 Å². The summed E-state index contributed by atoms with van der Waals surface area (Å²) in [6.07, 6.45) is 0. The number of carbonyl (C=O) groups excluding carboxylic acids is 2.